The van der Waals surface area contributed by atoms with Crippen LogP contribution in [0.25, 0.3) is 0 Å². The molecule has 0 spiro atoms. The van der Waals surface area contributed by atoms with Crippen molar-refractivity contribution in [3.05, 3.63) is 19.9 Å². The van der Waals surface area contributed by atoms with E-state index in [0.717, 1.165) is 3.57 Å². The van der Waals surface area contributed by atoms with Crippen LogP contribution in [0.4, 0.5) is 0 Å². The summed E-state index contributed by atoms with van der Waals surface area (Å²) >= 11 is 3.51. The SMILES string of the molecule is NC(=O)C1CCN1C(=O)c1sccc1I. The molecule has 0 saturated carbocycles. The third-order valence-electron chi connectivity index (χ3n) is 2.42. The first kappa shape index (κ1) is 10.9. The lowest BCUT2D eigenvalue weighted by Crippen LogP contribution is -2.57. The number of carbonyl (C=O) groups is 2. The maximum Gasteiger partial charge on any atom is 0.265 e. The highest BCUT2D eigenvalue weighted by Gasteiger charge is 2.37. The standard InChI is InChI=1S/C9H9IN2O2S/c10-5-2-4-15-7(5)9(14)12-3-1-6(12)8(11)13/h2,4,6H,1,3H2,(H2,11,13). The predicted octanol–water partition coefficient (Wildman–Crippen LogP) is 1.05. The highest BCUT2D eigenvalue weighted by atomic mass is 127. The molecule has 80 valence electrons. The first-order valence-electron chi connectivity index (χ1n) is 4.44. The molecule has 0 radical (unpaired) electrons. The number of halogens is 1. The average Bonchev–Trinajstić information content (AvgIpc) is 2.47. The molecule has 1 unspecified atom stereocenters. The molecular weight excluding hydrogens is 327 g/mol. The van der Waals surface area contributed by atoms with Crippen molar-refractivity contribution in [1.82, 2.24) is 4.90 Å². The normalized spacial score (nSPS) is 19.8. The van der Waals surface area contributed by atoms with Crippen LogP contribution < -0.4 is 5.73 Å². The molecule has 1 aromatic rings. The van der Waals surface area contributed by atoms with Crippen LogP contribution in [0.2, 0.25) is 0 Å². The second kappa shape index (κ2) is 4.09. The van der Waals surface area contributed by atoms with Gasteiger partial charge in [0.05, 0.1) is 0 Å². The van der Waals surface area contributed by atoms with E-state index in [0.29, 0.717) is 17.8 Å². The summed E-state index contributed by atoms with van der Waals surface area (Å²) in [6.45, 7) is 0.625. The number of nitrogens with two attached hydrogens (primary N) is 1. The molecule has 2 N–H and O–H groups in total. The van der Waals surface area contributed by atoms with Gasteiger partial charge in [-0.05, 0) is 40.5 Å². The number of primary amides is 1. The van der Waals surface area contributed by atoms with Crippen molar-refractivity contribution in [2.24, 2.45) is 5.73 Å². The molecule has 0 aliphatic carbocycles. The lowest BCUT2D eigenvalue weighted by Gasteiger charge is -2.38. The maximum atomic E-state index is 11.9. The fourth-order valence-corrected chi connectivity index (χ4v) is 3.28. The Morgan fingerprint density at radius 3 is 2.73 bits per heavy atom. The molecule has 1 fully saturated rings. The number of hydrogen-bond donors (Lipinski definition) is 1. The summed E-state index contributed by atoms with van der Waals surface area (Å²) in [5.41, 5.74) is 5.19. The number of amides is 2. The van der Waals surface area contributed by atoms with Crippen molar-refractivity contribution in [1.29, 1.82) is 0 Å². The fraction of sp³-hybridized carbons (Fsp3) is 0.333. The Labute approximate surface area is 105 Å². The van der Waals surface area contributed by atoms with Crippen molar-refractivity contribution >= 4 is 45.7 Å². The minimum Gasteiger partial charge on any atom is -0.368 e. The van der Waals surface area contributed by atoms with Crippen molar-refractivity contribution in [3.63, 3.8) is 0 Å². The molecule has 2 heterocycles. The summed E-state index contributed by atoms with van der Waals surface area (Å²) in [6, 6.07) is 1.48. The largest absolute Gasteiger partial charge is 0.368 e. The van der Waals surface area contributed by atoms with Crippen molar-refractivity contribution in [2.75, 3.05) is 6.54 Å². The van der Waals surface area contributed by atoms with Gasteiger partial charge in [0.2, 0.25) is 5.91 Å². The third-order valence-corrected chi connectivity index (χ3v) is 4.59. The molecule has 6 heteroatoms. The molecule has 1 aromatic heterocycles. The van der Waals surface area contributed by atoms with E-state index in [1.54, 1.807) is 0 Å². The summed E-state index contributed by atoms with van der Waals surface area (Å²) in [5.74, 6) is -0.495. The fourth-order valence-electron chi connectivity index (χ4n) is 1.50. The van der Waals surface area contributed by atoms with Gasteiger partial charge in [0.25, 0.3) is 5.91 Å². The molecule has 1 atom stereocenters. The zero-order valence-corrected chi connectivity index (χ0v) is 10.7. The van der Waals surface area contributed by atoms with Gasteiger partial charge in [-0.1, -0.05) is 0 Å². The Bertz CT molecular complexity index is 418. The Balaban J connectivity index is 2.16. The van der Waals surface area contributed by atoms with Gasteiger partial charge in [-0.15, -0.1) is 11.3 Å². The Hall–Kier alpha value is -0.630. The summed E-state index contributed by atoms with van der Waals surface area (Å²) in [6.07, 6.45) is 0.684. The maximum absolute atomic E-state index is 11.9. The summed E-state index contributed by atoms with van der Waals surface area (Å²) in [4.78, 5) is 25.2. The van der Waals surface area contributed by atoms with Crippen LogP contribution in [0.15, 0.2) is 11.4 Å². The van der Waals surface area contributed by atoms with Gasteiger partial charge < -0.3 is 10.6 Å². The lowest BCUT2D eigenvalue weighted by molar-refractivity contribution is -0.125. The molecule has 1 aliphatic heterocycles. The first-order chi connectivity index (χ1) is 7.11. The molecule has 1 saturated heterocycles. The number of rotatable bonds is 2. The van der Waals surface area contributed by atoms with E-state index in [1.165, 1.54) is 16.2 Å². The van der Waals surface area contributed by atoms with Gasteiger partial charge in [-0.3, -0.25) is 9.59 Å². The molecule has 2 rings (SSSR count). The number of likely N-dealkylation sites (tertiary alicyclic amines) is 1. The van der Waals surface area contributed by atoms with E-state index in [9.17, 15) is 9.59 Å². The molecule has 4 nitrogen and oxygen atoms in total. The smallest absolute Gasteiger partial charge is 0.265 e. The zero-order chi connectivity index (χ0) is 11.0. The predicted molar refractivity (Wildman–Crippen MR) is 65.7 cm³/mol. The minimum atomic E-state index is -0.416. The van der Waals surface area contributed by atoms with Gasteiger partial charge in [0, 0.05) is 10.1 Å². The van der Waals surface area contributed by atoms with Crippen LogP contribution in [0, 0.1) is 3.57 Å². The van der Waals surface area contributed by atoms with E-state index in [2.05, 4.69) is 22.6 Å². The van der Waals surface area contributed by atoms with Crippen LogP contribution in [-0.2, 0) is 4.79 Å². The van der Waals surface area contributed by atoms with Gasteiger partial charge in [0.15, 0.2) is 0 Å². The minimum absolute atomic E-state index is 0.0792. The molecule has 1 aliphatic rings. The Morgan fingerprint density at radius 1 is 1.60 bits per heavy atom. The van der Waals surface area contributed by atoms with E-state index in [4.69, 9.17) is 5.73 Å². The van der Waals surface area contributed by atoms with Crippen molar-refractivity contribution in [3.8, 4) is 0 Å². The van der Waals surface area contributed by atoms with Gasteiger partial charge >= 0.3 is 0 Å². The van der Waals surface area contributed by atoms with E-state index in [1.807, 2.05) is 11.4 Å². The summed E-state index contributed by atoms with van der Waals surface area (Å²) in [7, 11) is 0. The quantitative estimate of drug-likeness (QED) is 0.821. The van der Waals surface area contributed by atoms with Crippen molar-refractivity contribution < 1.29 is 9.59 Å². The molecule has 0 bridgehead atoms. The second-order valence-electron chi connectivity index (χ2n) is 3.30. The van der Waals surface area contributed by atoms with Crippen LogP contribution in [0.3, 0.4) is 0 Å². The van der Waals surface area contributed by atoms with Gasteiger partial charge in [0.1, 0.15) is 10.9 Å². The third kappa shape index (κ3) is 1.87. The first-order valence-corrected chi connectivity index (χ1v) is 6.40. The molecular formula is C9H9IN2O2S. The number of nitrogens with zero attached hydrogens (tertiary/aromatic N) is 1. The Morgan fingerprint density at radius 2 is 2.33 bits per heavy atom. The summed E-state index contributed by atoms with van der Waals surface area (Å²) < 4.78 is 0.928. The zero-order valence-electron chi connectivity index (χ0n) is 7.77. The number of thiophene rings is 1. The monoisotopic (exact) mass is 336 g/mol. The van der Waals surface area contributed by atoms with Crippen LogP contribution in [-0.4, -0.2) is 29.3 Å². The van der Waals surface area contributed by atoms with Gasteiger partial charge in [-0.2, -0.15) is 0 Å². The number of carbonyl (C=O) groups excluding carboxylic acids is 2. The molecule has 15 heavy (non-hydrogen) atoms. The topological polar surface area (TPSA) is 63.4 Å². The highest BCUT2D eigenvalue weighted by Crippen LogP contribution is 2.25. The average molecular weight is 336 g/mol. The molecule has 2 amide bonds. The lowest BCUT2D eigenvalue weighted by atomic mass is 10.0. The van der Waals surface area contributed by atoms with E-state index < -0.39 is 11.9 Å². The highest BCUT2D eigenvalue weighted by molar-refractivity contribution is 14.1. The summed E-state index contributed by atoms with van der Waals surface area (Å²) in [5, 5.41) is 1.87. The van der Waals surface area contributed by atoms with Crippen LogP contribution in [0.5, 0.6) is 0 Å². The Kier molecular flexibility index (Phi) is 2.96. The van der Waals surface area contributed by atoms with Gasteiger partial charge in [-0.25, -0.2) is 0 Å². The van der Waals surface area contributed by atoms with E-state index in [-0.39, 0.29) is 5.91 Å². The van der Waals surface area contributed by atoms with Crippen molar-refractivity contribution in [2.45, 2.75) is 12.5 Å². The second-order valence-corrected chi connectivity index (χ2v) is 5.38. The van der Waals surface area contributed by atoms with Crippen LogP contribution >= 0.6 is 33.9 Å². The molecule has 0 aromatic carbocycles. The number of hydrogen-bond acceptors (Lipinski definition) is 3. The van der Waals surface area contributed by atoms with E-state index >= 15 is 0 Å². The van der Waals surface area contributed by atoms with Crippen LogP contribution in [0.1, 0.15) is 16.1 Å².